The van der Waals surface area contributed by atoms with E-state index in [2.05, 4.69) is 21.2 Å². The standard InChI is InChI=1S/C15H14BrClN2O2/c1-2-21-15(20)10-4-3-5-12(14(10)18)19-13-8-9(16)6-7-11(13)17/h3-8,19H,2,18H2,1H3. The van der Waals surface area contributed by atoms with Crippen LogP contribution in [0.5, 0.6) is 0 Å². The fourth-order valence-electron chi connectivity index (χ4n) is 1.80. The Morgan fingerprint density at radius 3 is 2.81 bits per heavy atom. The number of hydrogen-bond donors (Lipinski definition) is 2. The molecule has 0 saturated heterocycles. The Morgan fingerprint density at radius 2 is 2.10 bits per heavy atom. The van der Waals surface area contributed by atoms with Crippen molar-refractivity contribution in [2.24, 2.45) is 0 Å². The molecule has 21 heavy (non-hydrogen) atoms. The van der Waals surface area contributed by atoms with E-state index in [0.717, 1.165) is 4.47 Å². The van der Waals surface area contributed by atoms with Gasteiger partial charge in [0.15, 0.2) is 0 Å². The molecule has 3 N–H and O–H groups in total. The van der Waals surface area contributed by atoms with E-state index in [9.17, 15) is 4.79 Å². The van der Waals surface area contributed by atoms with Crippen LogP contribution >= 0.6 is 27.5 Å². The molecule has 110 valence electrons. The Kier molecular flexibility index (Phi) is 5.09. The Balaban J connectivity index is 2.35. The van der Waals surface area contributed by atoms with Crippen LogP contribution in [0.4, 0.5) is 17.1 Å². The number of anilines is 3. The summed E-state index contributed by atoms with van der Waals surface area (Å²) >= 11 is 9.52. The lowest BCUT2D eigenvalue weighted by atomic mass is 10.1. The molecule has 4 nitrogen and oxygen atoms in total. The molecule has 0 aromatic heterocycles. The highest BCUT2D eigenvalue weighted by Gasteiger charge is 2.14. The summed E-state index contributed by atoms with van der Waals surface area (Å²) in [6.07, 6.45) is 0. The molecule has 0 fully saturated rings. The van der Waals surface area contributed by atoms with Gasteiger partial charge in [-0.15, -0.1) is 0 Å². The van der Waals surface area contributed by atoms with Crippen LogP contribution in [0.3, 0.4) is 0 Å². The summed E-state index contributed by atoms with van der Waals surface area (Å²) in [4.78, 5) is 11.8. The molecular formula is C15H14BrClN2O2. The van der Waals surface area contributed by atoms with Crippen LogP contribution < -0.4 is 11.1 Å². The second-order valence-corrected chi connectivity index (χ2v) is 5.56. The second kappa shape index (κ2) is 6.83. The van der Waals surface area contributed by atoms with E-state index in [0.29, 0.717) is 34.3 Å². The molecule has 0 atom stereocenters. The molecule has 2 aromatic carbocycles. The molecule has 0 saturated carbocycles. The number of nitrogen functional groups attached to an aromatic ring is 1. The van der Waals surface area contributed by atoms with Crippen molar-refractivity contribution in [2.45, 2.75) is 6.92 Å². The van der Waals surface area contributed by atoms with E-state index in [1.54, 1.807) is 31.2 Å². The van der Waals surface area contributed by atoms with Crippen molar-refractivity contribution in [3.8, 4) is 0 Å². The normalized spacial score (nSPS) is 10.2. The highest BCUT2D eigenvalue weighted by atomic mass is 79.9. The number of nitrogens with two attached hydrogens (primary N) is 1. The number of nitrogens with one attached hydrogen (secondary N) is 1. The van der Waals surface area contributed by atoms with Gasteiger partial charge in [0, 0.05) is 4.47 Å². The van der Waals surface area contributed by atoms with Crippen molar-refractivity contribution >= 4 is 50.6 Å². The van der Waals surface area contributed by atoms with E-state index in [-0.39, 0.29) is 0 Å². The molecule has 0 spiro atoms. The second-order valence-electron chi connectivity index (χ2n) is 4.24. The smallest absolute Gasteiger partial charge is 0.340 e. The summed E-state index contributed by atoms with van der Waals surface area (Å²) in [6.45, 7) is 2.05. The zero-order valence-electron chi connectivity index (χ0n) is 11.3. The first kappa shape index (κ1) is 15.7. The van der Waals surface area contributed by atoms with Gasteiger partial charge in [0.2, 0.25) is 0 Å². The van der Waals surface area contributed by atoms with Gasteiger partial charge in [-0.3, -0.25) is 0 Å². The van der Waals surface area contributed by atoms with Crippen molar-refractivity contribution in [2.75, 3.05) is 17.7 Å². The van der Waals surface area contributed by atoms with E-state index in [4.69, 9.17) is 22.1 Å². The molecule has 0 radical (unpaired) electrons. The fraction of sp³-hybridized carbons (Fsp3) is 0.133. The van der Waals surface area contributed by atoms with Crippen molar-refractivity contribution in [1.29, 1.82) is 0 Å². The van der Waals surface area contributed by atoms with Crippen LogP contribution in [0.2, 0.25) is 5.02 Å². The first-order valence-corrected chi connectivity index (χ1v) is 7.47. The topological polar surface area (TPSA) is 64.3 Å². The van der Waals surface area contributed by atoms with E-state index < -0.39 is 5.97 Å². The Bertz CT molecular complexity index is 677. The lowest BCUT2D eigenvalue weighted by molar-refractivity contribution is 0.0527. The van der Waals surface area contributed by atoms with E-state index >= 15 is 0 Å². The van der Waals surface area contributed by atoms with Gasteiger partial charge in [-0.05, 0) is 37.3 Å². The molecule has 0 amide bonds. The van der Waals surface area contributed by atoms with Crippen molar-refractivity contribution < 1.29 is 9.53 Å². The maximum atomic E-state index is 11.8. The van der Waals surface area contributed by atoms with E-state index in [1.807, 2.05) is 12.1 Å². The number of hydrogen-bond acceptors (Lipinski definition) is 4. The van der Waals surface area contributed by atoms with Gasteiger partial charge in [-0.25, -0.2) is 4.79 Å². The minimum absolute atomic E-state index is 0.299. The van der Waals surface area contributed by atoms with Crippen LogP contribution in [0.1, 0.15) is 17.3 Å². The Morgan fingerprint density at radius 1 is 1.33 bits per heavy atom. The maximum absolute atomic E-state index is 11.8. The Hall–Kier alpha value is -1.72. The molecule has 6 heteroatoms. The SMILES string of the molecule is CCOC(=O)c1cccc(Nc2cc(Br)ccc2Cl)c1N. The third-order valence-electron chi connectivity index (χ3n) is 2.80. The highest BCUT2D eigenvalue weighted by Crippen LogP contribution is 2.32. The molecular weight excluding hydrogens is 356 g/mol. The van der Waals surface area contributed by atoms with Gasteiger partial charge >= 0.3 is 5.97 Å². The molecule has 0 bridgehead atoms. The summed E-state index contributed by atoms with van der Waals surface area (Å²) in [7, 11) is 0. The van der Waals surface area contributed by atoms with Gasteiger partial charge in [-0.2, -0.15) is 0 Å². The molecule has 2 aromatic rings. The minimum Gasteiger partial charge on any atom is -0.462 e. The van der Waals surface area contributed by atoms with Crippen LogP contribution in [-0.4, -0.2) is 12.6 Å². The fourth-order valence-corrected chi connectivity index (χ4v) is 2.33. The Labute approximate surface area is 136 Å². The molecule has 0 unspecified atom stereocenters. The largest absolute Gasteiger partial charge is 0.462 e. The maximum Gasteiger partial charge on any atom is 0.340 e. The van der Waals surface area contributed by atoms with Gasteiger partial charge in [0.1, 0.15) is 0 Å². The van der Waals surface area contributed by atoms with Crippen LogP contribution in [0.15, 0.2) is 40.9 Å². The number of benzene rings is 2. The zero-order chi connectivity index (χ0) is 15.4. The lowest BCUT2D eigenvalue weighted by Gasteiger charge is -2.13. The quantitative estimate of drug-likeness (QED) is 0.610. The molecule has 0 aliphatic carbocycles. The average molecular weight is 370 g/mol. The molecule has 0 heterocycles. The summed E-state index contributed by atoms with van der Waals surface area (Å²) in [6, 6.07) is 10.6. The van der Waals surface area contributed by atoms with Crippen molar-refractivity contribution in [1.82, 2.24) is 0 Å². The number of esters is 1. The van der Waals surface area contributed by atoms with Gasteiger partial charge in [0.05, 0.1) is 34.3 Å². The van der Waals surface area contributed by atoms with Crippen molar-refractivity contribution in [3.63, 3.8) is 0 Å². The molecule has 0 aliphatic heterocycles. The average Bonchev–Trinajstić information content (AvgIpc) is 2.45. The predicted molar refractivity (Wildman–Crippen MR) is 89.2 cm³/mol. The molecule has 0 aliphatic rings. The number of carbonyl (C=O) groups is 1. The van der Waals surface area contributed by atoms with Crippen LogP contribution in [-0.2, 0) is 4.74 Å². The zero-order valence-corrected chi connectivity index (χ0v) is 13.7. The predicted octanol–water partition coefficient (Wildman–Crippen LogP) is 4.61. The minimum atomic E-state index is -0.445. The van der Waals surface area contributed by atoms with Gasteiger partial charge in [0.25, 0.3) is 0 Å². The van der Waals surface area contributed by atoms with Gasteiger partial charge in [-0.1, -0.05) is 33.6 Å². The summed E-state index contributed by atoms with van der Waals surface area (Å²) < 4.78 is 5.86. The van der Waals surface area contributed by atoms with E-state index in [1.165, 1.54) is 0 Å². The van der Waals surface area contributed by atoms with Crippen LogP contribution in [0.25, 0.3) is 0 Å². The van der Waals surface area contributed by atoms with Gasteiger partial charge < -0.3 is 15.8 Å². The summed E-state index contributed by atoms with van der Waals surface area (Å²) in [5, 5.41) is 3.68. The highest BCUT2D eigenvalue weighted by molar-refractivity contribution is 9.10. The lowest BCUT2D eigenvalue weighted by Crippen LogP contribution is -2.09. The third kappa shape index (κ3) is 3.68. The number of ether oxygens (including phenoxy) is 1. The number of halogens is 2. The summed E-state index contributed by atoms with van der Waals surface area (Å²) in [5.74, 6) is -0.445. The summed E-state index contributed by atoms with van der Waals surface area (Å²) in [5.41, 5.74) is 7.98. The first-order valence-electron chi connectivity index (χ1n) is 6.30. The first-order chi connectivity index (χ1) is 10.0. The number of carbonyl (C=O) groups excluding carboxylic acids is 1. The van der Waals surface area contributed by atoms with Crippen molar-refractivity contribution in [3.05, 3.63) is 51.5 Å². The number of rotatable bonds is 4. The third-order valence-corrected chi connectivity index (χ3v) is 3.62. The van der Waals surface area contributed by atoms with Crippen LogP contribution in [0, 0.1) is 0 Å². The monoisotopic (exact) mass is 368 g/mol. The molecule has 2 rings (SSSR count). The number of para-hydroxylation sites is 1.